The fourth-order valence-electron chi connectivity index (χ4n) is 3.21. The van der Waals surface area contributed by atoms with Gasteiger partial charge in [0.05, 0.1) is 27.8 Å². The summed E-state index contributed by atoms with van der Waals surface area (Å²) < 4.78 is 17.3. The summed E-state index contributed by atoms with van der Waals surface area (Å²) in [6, 6.07) is 5.08. The minimum absolute atomic E-state index is 0.133. The predicted molar refractivity (Wildman–Crippen MR) is 116 cm³/mol. The molecule has 1 N–H and O–H groups in total. The number of hydrogen-bond acceptors (Lipinski definition) is 5. The molecule has 164 valence electrons. The van der Waals surface area contributed by atoms with Crippen molar-refractivity contribution in [3.8, 4) is 0 Å². The first-order valence-corrected chi connectivity index (χ1v) is 10.5. The van der Waals surface area contributed by atoms with Crippen LogP contribution in [-0.2, 0) is 14.0 Å². The first-order valence-electron chi connectivity index (χ1n) is 10.1. The first kappa shape index (κ1) is 22.9. The van der Waals surface area contributed by atoms with E-state index in [9.17, 15) is 9.59 Å². The van der Waals surface area contributed by atoms with E-state index in [1.54, 1.807) is 43.9 Å². The molecule has 2 aliphatic heterocycles. The van der Waals surface area contributed by atoms with Crippen molar-refractivity contribution in [3.05, 3.63) is 28.8 Å². The van der Waals surface area contributed by atoms with Crippen LogP contribution in [0.3, 0.4) is 0 Å². The number of alkyl carbamates (subject to hydrolysis) is 1. The second-order valence-electron chi connectivity index (χ2n) is 9.88. The molecular formula is C21H30BClN2O5. The van der Waals surface area contributed by atoms with Crippen molar-refractivity contribution in [1.29, 1.82) is 0 Å². The number of amides is 2. The minimum Gasteiger partial charge on any atom is -0.444 e. The molecule has 2 amide bonds. The Morgan fingerprint density at radius 1 is 1.17 bits per heavy atom. The molecule has 2 fully saturated rings. The summed E-state index contributed by atoms with van der Waals surface area (Å²) in [7, 11) is -0.539. The van der Waals surface area contributed by atoms with Gasteiger partial charge in [-0.3, -0.25) is 4.79 Å². The molecule has 0 atom stereocenters. The fraction of sp³-hybridized carbons (Fsp3) is 0.619. The van der Waals surface area contributed by atoms with Gasteiger partial charge in [-0.2, -0.15) is 0 Å². The van der Waals surface area contributed by atoms with Gasteiger partial charge in [0, 0.05) is 13.1 Å². The average molecular weight is 437 g/mol. The number of nitrogens with zero attached hydrogens (tertiary/aromatic N) is 1. The Hall–Kier alpha value is -1.77. The van der Waals surface area contributed by atoms with Crippen LogP contribution in [0, 0.1) is 0 Å². The van der Waals surface area contributed by atoms with Gasteiger partial charge in [-0.1, -0.05) is 17.7 Å². The number of carbonyl (C=O) groups excluding carboxylic acids is 2. The van der Waals surface area contributed by atoms with Crippen molar-refractivity contribution in [2.45, 2.75) is 71.3 Å². The van der Waals surface area contributed by atoms with Crippen LogP contribution in [0.2, 0.25) is 5.02 Å². The SMILES string of the molecule is CC(C)(C)OC(=O)NC1CN(C(=O)c2ccc(B3OC(C)(C)C(C)(C)O3)cc2Cl)C1. The zero-order valence-corrected chi connectivity index (χ0v) is 19.4. The molecule has 1 aromatic carbocycles. The van der Waals surface area contributed by atoms with Gasteiger partial charge in [0.2, 0.25) is 0 Å². The molecule has 0 aromatic heterocycles. The Kier molecular flexibility index (Phi) is 5.91. The van der Waals surface area contributed by atoms with Crippen molar-refractivity contribution in [2.75, 3.05) is 13.1 Å². The second kappa shape index (κ2) is 7.73. The van der Waals surface area contributed by atoms with E-state index in [-0.39, 0.29) is 11.9 Å². The van der Waals surface area contributed by atoms with Gasteiger partial charge >= 0.3 is 13.2 Å². The maximum atomic E-state index is 12.8. The zero-order valence-electron chi connectivity index (χ0n) is 18.7. The largest absolute Gasteiger partial charge is 0.494 e. The van der Waals surface area contributed by atoms with E-state index < -0.39 is 30.0 Å². The third-order valence-corrected chi connectivity index (χ3v) is 5.95. The van der Waals surface area contributed by atoms with E-state index in [1.165, 1.54) is 0 Å². The lowest BCUT2D eigenvalue weighted by molar-refractivity contribution is 0.00578. The van der Waals surface area contributed by atoms with Crippen LogP contribution in [0.15, 0.2) is 18.2 Å². The molecule has 0 unspecified atom stereocenters. The fourth-order valence-corrected chi connectivity index (χ4v) is 3.48. The maximum absolute atomic E-state index is 12.8. The zero-order chi connectivity index (χ0) is 22.5. The molecule has 9 heteroatoms. The standard InChI is InChI=1S/C21H30BClN2O5/c1-19(2,3)28-18(27)24-14-11-25(12-14)17(26)15-9-8-13(10-16(15)23)22-29-20(4,5)21(6,7)30-22/h8-10,14H,11-12H2,1-7H3,(H,24,27). The summed E-state index contributed by atoms with van der Waals surface area (Å²) in [5.41, 5.74) is -0.287. The third kappa shape index (κ3) is 4.76. The molecule has 0 radical (unpaired) electrons. The topological polar surface area (TPSA) is 77.1 Å². The van der Waals surface area contributed by atoms with Gasteiger partial charge in [-0.25, -0.2) is 4.79 Å². The van der Waals surface area contributed by atoms with E-state index in [1.807, 2.05) is 27.7 Å². The van der Waals surface area contributed by atoms with Crippen LogP contribution in [0.4, 0.5) is 4.79 Å². The van der Waals surface area contributed by atoms with E-state index in [0.29, 0.717) is 23.7 Å². The molecule has 0 aliphatic carbocycles. The molecule has 3 rings (SSSR count). The number of ether oxygens (including phenoxy) is 1. The monoisotopic (exact) mass is 436 g/mol. The summed E-state index contributed by atoms with van der Waals surface area (Å²) in [6.07, 6.45) is -0.482. The van der Waals surface area contributed by atoms with Crippen LogP contribution in [0.25, 0.3) is 0 Å². The average Bonchev–Trinajstić information content (AvgIpc) is 2.76. The number of hydrogen-bond donors (Lipinski definition) is 1. The summed E-state index contributed by atoms with van der Waals surface area (Å²) in [4.78, 5) is 26.3. The Morgan fingerprint density at radius 3 is 2.23 bits per heavy atom. The van der Waals surface area contributed by atoms with Crippen LogP contribution >= 0.6 is 11.6 Å². The molecule has 2 saturated heterocycles. The van der Waals surface area contributed by atoms with E-state index in [2.05, 4.69) is 5.32 Å². The number of benzene rings is 1. The second-order valence-corrected chi connectivity index (χ2v) is 10.3. The molecule has 0 saturated carbocycles. The number of likely N-dealkylation sites (tertiary alicyclic amines) is 1. The van der Waals surface area contributed by atoms with Gasteiger partial charge in [0.25, 0.3) is 5.91 Å². The lowest BCUT2D eigenvalue weighted by Crippen LogP contribution is -2.61. The summed E-state index contributed by atoms with van der Waals surface area (Å²) >= 11 is 6.41. The van der Waals surface area contributed by atoms with Gasteiger partial charge < -0.3 is 24.3 Å². The first-order chi connectivity index (χ1) is 13.7. The molecule has 0 bridgehead atoms. The molecule has 0 spiro atoms. The summed E-state index contributed by atoms with van der Waals surface area (Å²) in [5.74, 6) is -0.178. The van der Waals surface area contributed by atoms with Crippen molar-refractivity contribution in [2.24, 2.45) is 0 Å². The molecule has 2 heterocycles. The number of nitrogens with one attached hydrogen (secondary N) is 1. The summed E-state index contributed by atoms with van der Waals surface area (Å²) in [5, 5.41) is 3.11. The van der Waals surface area contributed by atoms with Gasteiger partial charge in [0.15, 0.2) is 0 Å². The highest BCUT2D eigenvalue weighted by Gasteiger charge is 2.51. The van der Waals surface area contributed by atoms with Crippen molar-refractivity contribution in [3.63, 3.8) is 0 Å². The Bertz CT molecular complexity index is 830. The third-order valence-electron chi connectivity index (χ3n) is 5.64. The number of rotatable bonds is 3. The van der Waals surface area contributed by atoms with Crippen molar-refractivity contribution < 1.29 is 23.6 Å². The number of halogens is 1. The minimum atomic E-state index is -0.560. The predicted octanol–water partition coefficient (Wildman–Crippen LogP) is 2.99. The van der Waals surface area contributed by atoms with E-state index >= 15 is 0 Å². The van der Waals surface area contributed by atoms with E-state index in [4.69, 9.17) is 25.6 Å². The van der Waals surface area contributed by atoms with Gasteiger partial charge in [-0.05, 0) is 66.1 Å². The van der Waals surface area contributed by atoms with Crippen LogP contribution in [0.5, 0.6) is 0 Å². The van der Waals surface area contributed by atoms with Gasteiger partial charge in [0.1, 0.15) is 5.60 Å². The Labute approximate surface area is 183 Å². The Morgan fingerprint density at radius 2 is 1.73 bits per heavy atom. The van der Waals surface area contributed by atoms with Crippen LogP contribution in [-0.4, -0.2) is 60.0 Å². The quantitative estimate of drug-likeness (QED) is 0.737. The maximum Gasteiger partial charge on any atom is 0.494 e. The van der Waals surface area contributed by atoms with E-state index in [0.717, 1.165) is 5.46 Å². The van der Waals surface area contributed by atoms with Crippen molar-refractivity contribution >= 4 is 36.2 Å². The van der Waals surface area contributed by atoms with Gasteiger partial charge in [-0.15, -0.1) is 0 Å². The molecule has 7 nitrogen and oxygen atoms in total. The highest BCUT2D eigenvalue weighted by Crippen LogP contribution is 2.36. The summed E-state index contributed by atoms with van der Waals surface area (Å²) in [6.45, 7) is 14.2. The Balaban J connectivity index is 1.59. The molecule has 1 aromatic rings. The lowest BCUT2D eigenvalue weighted by Gasteiger charge is -2.39. The molecular weight excluding hydrogens is 407 g/mol. The van der Waals surface area contributed by atoms with Crippen LogP contribution in [0.1, 0.15) is 58.8 Å². The smallest absolute Gasteiger partial charge is 0.444 e. The van der Waals surface area contributed by atoms with Crippen molar-refractivity contribution in [1.82, 2.24) is 10.2 Å². The highest BCUT2D eigenvalue weighted by atomic mass is 35.5. The highest BCUT2D eigenvalue weighted by molar-refractivity contribution is 6.62. The molecule has 30 heavy (non-hydrogen) atoms. The normalized spacial score (nSPS) is 20.7. The number of carbonyl (C=O) groups is 2. The molecule has 2 aliphatic rings. The lowest BCUT2D eigenvalue weighted by atomic mass is 9.78. The van der Waals surface area contributed by atoms with Crippen LogP contribution < -0.4 is 10.8 Å².